The maximum absolute atomic E-state index is 11.7. The van der Waals surface area contributed by atoms with Gasteiger partial charge in [-0.2, -0.15) is 0 Å². The number of aromatic nitrogens is 1. The van der Waals surface area contributed by atoms with E-state index in [1.54, 1.807) is 6.92 Å². The number of aliphatic imine (C=N–C) groups is 1. The number of benzene rings is 1. The fourth-order valence-electron chi connectivity index (χ4n) is 2.17. The molecule has 3 nitrogen and oxygen atoms in total. The molecule has 1 aromatic carbocycles. The highest BCUT2D eigenvalue weighted by Gasteiger charge is 2.10. The van der Waals surface area contributed by atoms with Gasteiger partial charge >= 0.3 is 0 Å². The van der Waals surface area contributed by atoms with Crippen LogP contribution in [0.5, 0.6) is 0 Å². The van der Waals surface area contributed by atoms with Crippen LogP contribution in [0.1, 0.15) is 31.5 Å². The third kappa shape index (κ3) is 2.55. The number of fused-ring (bicyclic) bond motifs is 1. The van der Waals surface area contributed by atoms with Crippen LogP contribution in [-0.4, -0.2) is 16.5 Å². The van der Waals surface area contributed by atoms with E-state index >= 15 is 0 Å². The summed E-state index contributed by atoms with van der Waals surface area (Å²) in [5.41, 5.74) is 4.27. The molecule has 0 saturated heterocycles. The fraction of sp³-hybridized carbons (Fsp3) is 0.312. The highest BCUT2D eigenvalue weighted by molar-refractivity contribution is 6.39. The maximum Gasteiger partial charge on any atom is 0.176 e. The van der Waals surface area contributed by atoms with Gasteiger partial charge in [0.2, 0.25) is 0 Å². The average Bonchev–Trinajstić information content (AvgIpc) is 2.42. The molecule has 2 rings (SSSR count). The molecule has 19 heavy (non-hydrogen) atoms. The summed E-state index contributed by atoms with van der Waals surface area (Å²) < 4.78 is 0. The van der Waals surface area contributed by atoms with E-state index in [0.29, 0.717) is 12.1 Å². The first-order valence-electron chi connectivity index (χ1n) is 6.49. The number of carbonyl (C=O) groups excluding carboxylic acids is 1. The molecule has 1 aromatic heterocycles. The zero-order chi connectivity index (χ0) is 14.0. The number of nitrogens with zero attached hydrogens (tertiary/aromatic N) is 2. The molecule has 0 aliphatic rings. The van der Waals surface area contributed by atoms with Crippen molar-refractivity contribution in [3.05, 3.63) is 35.5 Å². The number of para-hydroxylation sites is 1. The zero-order valence-electron chi connectivity index (χ0n) is 11.8. The van der Waals surface area contributed by atoms with Gasteiger partial charge in [-0.15, -0.1) is 0 Å². The second-order valence-corrected chi connectivity index (χ2v) is 4.66. The summed E-state index contributed by atoms with van der Waals surface area (Å²) in [6.45, 7) is 7.57. The van der Waals surface area contributed by atoms with Crippen LogP contribution in [0.15, 0.2) is 29.3 Å². The quantitative estimate of drug-likeness (QED) is 0.779. The standard InChI is InChI=1S/C16H18N2O/c1-5-15(19)11(3)18-16-10(2)13-8-6-7-9-14(13)17-12(16)4/h6-9H,5H2,1-4H3. The van der Waals surface area contributed by atoms with Gasteiger partial charge in [-0.1, -0.05) is 25.1 Å². The summed E-state index contributed by atoms with van der Waals surface area (Å²) in [6.07, 6.45) is 0.481. The third-order valence-electron chi connectivity index (χ3n) is 3.30. The lowest BCUT2D eigenvalue weighted by atomic mass is 10.1. The molecule has 0 radical (unpaired) electrons. The second kappa shape index (κ2) is 5.31. The van der Waals surface area contributed by atoms with E-state index in [0.717, 1.165) is 27.8 Å². The zero-order valence-corrected chi connectivity index (χ0v) is 11.8. The lowest BCUT2D eigenvalue weighted by molar-refractivity contribution is -0.112. The van der Waals surface area contributed by atoms with Gasteiger partial charge < -0.3 is 0 Å². The number of ketones is 1. The van der Waals surface area contributed by atoms with Gasteiger partial charge in [0.05, 0.1) is 22.6 Å². The van der Waals surface area contributed by atoms with E-state index in [9.17, 15) is 4.79 Å². The molecule has 3 heteroatoms. The van der Waals surface area contributed by atoms with Gasteiger partial charge in [0.25, 0.3) is 0 Å². The van der Waals surface area contributed by atoms with Crippen LogP contribution in [0.3, 0.4) is 0 Å². The van der Waals surface area contributed by atoms with Gasteiger partial charge in [0.1, 0.15) is 0 Å². The Balaban J connectivity index is 2.64. The predicted molar refractivity (Wildman–Crippen MR) is 79.3 cm³/mol. The van der Waals surface area contributed by atoms with Crippen molar-refractivity contribution in [1.29, 1.82) is 0 Å². The predicted octanol–water partition coefficient (Wildman–Crippen LogP) is 3.92. The Morgan fingerprint density at radius 3 is 2.63 bits per heavy atom. The summed E-state index contributed by atoms with van der Waals surface area (Å²) in [4.78, 5) is 20.7. The number of carbonyl (C=O) groups is 1. The first-order chi connectivity index (χ1) is 9.04. The van der Waals surface area contributed by atoms with Crippen molar-refractivity contribution in [3.8, 4) is 0 Å². The molecule has 0 N–H and O–H groups in total. The Morgan fingerprint density at radius 2 is 1.95 bits per heavy atom. The summed E-state index contributed by atoms with van der Waals surface area (Å²) in [6, 6.07) is 7.99. The van der Waals surface area contributed by atoms with Crippen molar-refractivity contribution in [1.82, 2.24) is 4.98 Å². The molecule has 1 heterocycles. The topological polar surface area (TPSA) is 42.3 Å². The highest BCUT2D eigenvalue weighted by Crippen LogP contribution is 2.29. The molecule has 0 spiro atoms. The van der Waals surface area contributed by atoms with Gasteiger partial charge in [-0.3, -0.25) is 9.78 Å². The smallest absolute Gasteiger partial charge is 0.176 e. The molecule has 0 fully saturated rings. The molecule has 0 aliphatic carbocycles. The molecule has 2 aromatic rings. The molecule has 0 atom stereocenters. The van der Waals surface area contributed by atoms with E-state index in [-0.39, 0.29) is 5.78 Å². The van der Waals surface area contributed by atoms with Crippen LogP contribution in [0.25, 0.3) is 10.9 Å². The summed E-state index contributed by atoms with van der Waals surface area (Å²) in [5.74, 6) is 0.0759. The largest absolute Gasteiger partial charge is 0.293 e. The van der Waals surface area contributed by atoms with Crippen molar-refractivity contribution in [2.75, 3.05) is 0 Å². The highest BCUT2D eigenvalue weighted by atomic mass is 16.1. The van der Waals surface area contributed by atoms with E-state index in [4.69, 9.17) is 0 Å². The first-order valence-corrected chi connectivity index (χ1v) is 6.49. The van der Waals surface area contributed by atoms with Crippen molar-refractivity contribution in [2.45, 2.75) is 34.1 Å². The molecule has 0 amide bonds. The molecular weight excluding hydrogens is 236 g/mol. The van der Waals surface area contributed by atoms with Crippen LogP contribution in [0.2, 0.25) is 0 Å². The summed E-state index contributed by atoms with van der Waals surface area (Å²) >= 11 is 0. The van der Waals surface area contributed by atoms with E-state index in [2.05, 4.69) is 9.98 Å². The normalized spacial score (nSPS) is 11.9. The molecule has 0 aliphatic heterocycles. The lowest BCUT2D eigenvalue weighted by Gasteiger charge is -2.09. The molecular formula is C16H18N2O. The van der Waals surface area contributed by atoms with E-state index < -0.39 is 0 Å². The van der Waals surface area contributed by atoms with Crippen molar-refractivity contribution in [3.63, 3.8) is 0 Å². The number of pyridine rings is 1. The number of rotatable bonds is 3. The monoisotopic (exact) mass is 254 g/mol. The Hall–Kier alpha value is -2.03. The minimum absolute atomic E-state index is 0.0759. The van der Waals surface area contributed by atoms with Crippen LogP contribution >= 0.6 is 0 Å². The SMILES string of the molecule is CCC(=O)C(C)=Nc1c(C)nc2ccccc2c1C. The third-order valence-corrected chi connectivity index (χ3v) is 3.30. The van der Waals surface area contributed by atoms with Gasteiger partial charge in [-0.05, 0) is 32.4 Å². The van der Waals surface area contributed by atoms with Crippen molar-refractivity contribution in [2.24, 2.45) is 4.99 Å². The molecule has 0 unspecified atom stereocenters. The Bertz CT molecular complexity index is 672. The Kier molecular flexibility index (Phi) is 3.74. The summed E-state index contributed by atoms with van der Waals surface area (Å²) in [5, 5.41) is 1.09. The van der Waals surface area contributed by atoms with Crippen molar-refractivity contribution < 1.29 is 4.79 Å². The Morgan fingerprint density at radius 1 is 1.26 bits per heavy atom. The number of hydrogen-bond acceptors (Lipinski definition) is 3. The van der Waals surface area contributed by atoms with Gasteiger partial charge in [-0.25, -0.2) is 4.99 Å². The Labute approximate surface area is 113 Å². The second-order valence-electron chi connectivity index (χ2n) is 4.66. The molecule has 98 valence electrons. The van der Waals surface area contributed by atoms with E-state index in [1.807, 2.05) is 45.0 Å². The van der Waals surface area contributed by atoms with Crippen LogP contribution in [0.4, 0.5) is 5.69 Å². The lowest BCUT2D eigenvalue weighted by Crippen LogP contribution is -2.08. The number of aryl methyl sites for hydroxylation is 2. The van der Waals surface area contributed by atoms with Crippen LogP contribution in [-0.2, 0) is 4.79 Å². The number of Topliss-reactive ketones (excluding diaryl/α,β-unsaturated/α-hetero) is 1. The minimum Gasteiger partial charge on any atom is -0.293 e. The molecule has 0 saturated carbocycles. The average molecular weight is 254 g/mol. The first kappa shape index (κ1) is 13.4. The molecule has 0 bridgehead atoms. The van der Waals surface area contributed by atoms with Crippen LogP contribution < -0.4 is 0 Å². The minimum atomic E-state index is 0.0759. The fourth-order valence-corrected chi connectivity index (χ4v) is 2.17. The van der Waals surface area contributed by atoms with Gasteiger partial charge in [0, 0.05) is 11.8 Å². The maximum atomic E-state index is 11.7. The van der Waals surface area contributed by atoms with Crippen LogP contribution in [0, 0.1) is 13.8 Å². The summed E-state index contributed by atoms with van der Waals surface area (Å²) in [7, 11) is 0. The van der Waals surface area contributed by atoms with Crippen molar-refractivity contribution >= 4 is 28.1 Å². The van der Waals surface area contributed by atoms with Gasteiger partial charge in [0.15, 0.2) is 5.78 Å². The number of hydrogen-bond donors (Lipinski definition) is 0. The van der Waals surface area contributed by atoms with E-state index in [1.165, 1.54) is 0 Å².